The third-order valence-corrected chi connectivity index (χ3v) is 3.16. The molecule has 3 N–H and O–H groups in total. The first-order valence-corrected chi connectivity index (χ1v) is 6.32. The number of allylic oxidation sites excluding steroid dienone is 5. The van der Waals surface area contributed by atoms with Gasteiger partial charge in [-0.15, -0.1) is 0 Å². The van der Waals surface area contributed by atoms with Gasteiger partial charge in [0.1, 0.15) is 6.04 Å². The molecule has 1 aromatic carbocycles. The molecule has 1 amide bonds. The second-order valence-electron chi connectivity index (χ2n) is 4.43. The highest BCUT2D eigenvalue weighted by Crippen LogP contribution is 2.21. The first-order valence-electron chi connectivity index (χ1n) is 6.32. The van der Waals surface area contributed by atoms with Gasteiger partial charge in [0.05, 0.1) is 0 Å². The molecule has 0 spiro atoms. The number of carbonyl (C=O) groups is 1. The fourth-order valence-corrected chi connectivity index (χ4v) is 2.02. The molecule has 98 valence electrons. The van der Waals surface area contributed by atoms with Gasteiger partial charge in [0.25, 0.3) is 0 Å². The van der Waals surface area contributed by atoms with E-state index in [4.69, 9.17) is 5.73 Å². The quantitative estimate of drug-likeness (QED) is 0.867. The molecule has 0 heterocycles. The molecule has 3 nitrogen and oxygen atoms in total. The monoisotopic (exact) mass is 254 g/mol. The van der Waals surface area contributed by atoms with Crippen LogP contribution in [0.1, 0.15) is 12.0 Å². The van der Waals surface area contributed by atoms with E-state index >= 15 is 0 Å². The molecule has 1 aliphatic rings. The van der Waals surface area contributed by atoms with E-state index in [0.717, 1.165) is 16.7 Å². The first-order chi connectivity index (χ1) is 9.22. The van der Waals surface area contributed by atoms with Crippen LogP contribution in [0.3, 0.4) is 0 Å². The molecular formula is C16H18N2O. The summed E-state index contributed by atoms with van der Waals surface area (Å²) in [7, 11) is 1.60. The third-order valence-electron chi connectivity index (χ3n) is 3.16. The Balaban J connectivity index is 2.25. The maximum absolute atomic E-state index is 11.6. The van der Waals surface area contributed by atoms with E-state index in [0.29, 0.717) is 6.42 Å². The second-order valence-corrected chi connectivity index (χ2v) is 4.43. The van der Waals surface area contributed by atoms with Crippen LogP contribution in [0.5, 0.6) is 0 Å². The van der Waals surface area contributed by atoms with Crippen molar-refractivity contribution in [1.82, 2.24) is 5.32 Å². The van der Waals surface area contributed by atoms with Crippen molar-refractivity contribution in [2.45, 2.75) is 12.5 Å². The number of nitrogens with one attached hydrogen (secondary N) is 1. The summed E-state index contributed by atoms with van der Waals surface area (Å²) in [5.41, 5.74) is 9.11. The van der Waals surface area contributed by atoms with Crippen molar-refractivity contribution in [3.8, 4) is 0 Å². The largest absolute Gasteiger partial charge is 0.358 e. The summed E-state index contributed by atoms with van der Waals surface area (Å²) in [5.74, 6) is -0.156. The van der Waals surface area contributed by atoms with Gasteiger partial charge in [-0.2, -0.15) is 0 Å². The summed E-state index contributed by atoms with van der Waals surface area (Å²) in [6, 6.07) is 9.56. The maximum Gasteiger partial charge on any atom is 0.240 e. The average Bonchev–Trinajstić information content (AvgIpc) is 2.72. The van der Waals surface area contributed by atoms with E-state index in [1.807, 2.05) is 36.4 Å². The number of likely N-dealkylation sites (N-methyl/N-ethyl adjacent to an activating group) is 1. The topological polar surface area (TPSA) is 55.1 Å². The molecule has 0 aliphatic heterocycles. The van der Waals surface area contributed by atoms with Gasteiger partial charge in [-0.25, -0.2) is 0 Å². The fourth-order valence-electron chi connectivity index (χ4n) is 2.02. The van der Waals surface area contributed by atoms with E-state index in [1.54, 1.807) is 7.05 Å². The van der Waals surface area contributed by atoms with E-state index < -0.39 is 6.04 Å². The van der Waals surface area contributed by atoms with Crippen LogP contribution >= 0.6 is 0 Å². The number of benzene rings is 1. The number of amides is 1. The Morgan fingerprint density at radius 1 is 1.26 bits per heavy atom. The van der Waals surface area contributed by atoms with Gasteiger partial charge in [0.15, 0.2) is 0 Å². The normalized spacial score (nSPS) is 16.1. The van der Waals surface area contributed by atoms with E-state index in [1.165, 1.54) is 0 Å². The van der Waals surface area contributed by atoms with Gasteiger partial charge in [-0.1, -0.05) is 54.6 Å². The van der Waals surface area contributed by atoms with Crippen LogP contribution in [0.25, 0.3) is 5.57 Å². The molecule has 0 fully saturated rings. The smallest absolute Gasteiger partial charge is 0.240 e. The van der Waals surface area contributed by atoms with E-state index in [2.05, 4.69) is 23.5 Å². The summed E-state index contributed by atoms with van der Waals surface area (Å²) in [6.07, 6.45) is 8.76. The highest BCUT2D eigenvalue weighted by molar-refractivity contribution is 5.85. The van der Waals surface area contributed by atoms with Gasteiger partial charge in [-0.05, 0) is 23.1 Å². The van der Waals surface area contributed by atoms with Crippen LogP contribution in [0.4, 0.5) is 0 Å². The Labute approximate surface area is 113 Å². The van der Waals surface area contributed by atoms with Crippen molar-refractivity contribution in [2.75, 3.05) is 7.05 Å². The lowest BCUT2D eigenvalue weighted by molar-refractivity contribution is -0.121. The zero-order valence-electron chi connectivity index (χ0n) is 11.0. The molecule has 19 heavy (non-hydrogen) atoms. The Morgan fingerprint density at radius 3 is 2.68 bits per heavy atom. The van der Waals surface area contributed by atoms with E-state index in [-0.39, 0.29) is 5.91 Å². The molecule has 1 aliphatic carbocycles. The summed E-state index contributed by atoms with van der Waals surface area (Å²) < 4.78 is 0. The van der Waals surface area contributed by atoms with Crippen molar-refractivity contribution in [3.05, 3.63) is 65.8 Å². The molecule has 2 rings (SSSR count). The zero-order valence-corrected chi connectivity index (χ0v) is 11.0. The summed E-state index contributed by atoms with van der Waals surface area (Å²) in [5, 5.41) is 2.58. The summed E-state index contributed by atoms with van der Waals surface area (Å²) >= 11 is 0. The van der Waals surface area contributed by atoms with Crippen molar-refractivity contribution in [1.29, 1.82) is 0 Å². The standard InChI is InChI=1S/C16H18N2O/c1-18-16(19)15(17)14-9-5-8-13(10-11-14)12-6-3-2-4-7-12/h2-8,10-11,15H,9,17H2,1H3,(H,18,19). The molecule has 0 aromatic heterocycles. The molecule has 0 saturated heterocycles. The number of rotatable bonds is 3. The van der Waals surface area contributed by atoms with E-state index in [9.17, 15) is 4.79 Å². The molecule has 1 atom stereocenters. The van der Waals surface area contributed by atoms with Crippen molar-refractivity contribution in [3.63, 3.8) is 0 Å². The molecule has 0 bridgehead atoms. The minimum atomic E-state index is -0.582. The molecule has 0 radical (unpaired) electrons. The van der Waals surface area contributed by atoms with Gasteiger partial charge < -0.3 is 11.1 Å². The zero-order chi connectivity index (χ0) is 13.7. The molecule has 0 saturated carbocycles. The number of hydrogen-bond donors (Lipinski definition) is 2. The molecule has 1 aromatic rings. The lowest BCUT2D eigenvalue weighted by Crippen LogP contribution is -2.40. The lowest BCUT2D eigenvalue weighted by Gasteiger charge is -2.11. The molecular weight excluding hydrogens is 236 g/mol. The fraction of sp³-hybridized carbons (Fsp3) is 0.188. The Morgan fingerprint density at radius 2 is 2.00 bits per heavy atom. The van der Waals surface area contributed by atoms with Gasteiger partial charge in [0.2, 0.25) is 5.91 Å². The van der Waals surface area contributed by atoms with Crippen LogP contribution in [0.15, 0.2) is 60.2 Å². The number of nitrogens with two attached hydrogens (primary N) is 1. The van der Waals surface area contributed by atoms with Crippen molar-refractivity contribution >= 4 is 11.5 Å². The molecule has 1 unspecified atom stereocenters. The third kappa shape index (κ3) is 3.20. The number of carbonyl (C=O) groups excluding carboxylic acids is 1. The van der Waals surface area contributed by atoms with Crippen molar-refractivity contribution in [2.24, 2.45) is 5.73 Å². The van der Waals surface area contributed by atoms with Gasteiger partial charge in [0, 0.05) is 7.05 Å². The highest BCUT2D eigenvalue weighted by atomic mass is 16.2. The minimum absolute atomic E-state index is 0.156. The Kier molecular flexibility index (Phi) is 4.31. The maximum atomic E-state index is 11.6. The predicted octanol–water partition coefficient (Wildman–Crippen LogP) is 2.03. The lowest BCUT2D eigenvalue weighted by atomic mass is 10.0. The van der Waals surface area contributed by atoms with Gasteiger partial charge in [-0.3, -0.25) is 4.79 Å². The summed E-state index contributed by atoms with van der Waals surface area (Å²) in [4.78, 5) is 11.6. The molecule has 3 heteroatoms. The van der Waals surface area contributed by atoms with Crippen molar-refractivity contribution < 1.29 is 4.79 Å². The van der Waals surface area contributed by atoms with Crippen LogP contribution in [0, 0.1) is 0 Å². The first kappa shape index (κ1) is 13.3. The Hall–Kier alpha value is -2.13. The minimum Gasteiger partial charge on any atom is -0.358 e. The van der Waals surface area contributed by atoms with Gasteiger partial charge >= 0.3 is 0 Å². The van der Waals surface area contributed by atoms with Crippen LogP contribution < -0.4 is 11.1 Å². The summed E-state index contributed by atoms with van der Waals surface area (Å²) in [6.45, 7) is 0. The average molecular weight is 254 g/mol. The number of hydrogen-bond acceptors (Lipinski definition) is 2. The highest BCUT2D eigenvalue weighted by Gasteiger charge is 2.16. The van der Waals surface area contributed by atoms with Crippen LogP contribution in [-0.4, -0.2) is 19.0 Å². The van der Waals surface area contributed by atoms with Crippen LogP contribution in [-0.2, 0) is 4.79 Å². The second kappa shape index (κ2) is 6.16. The predicted molar refractivity (Wildman–Crippen MR) is 78.3 cm³/mol. The SMILES string of the molecule is CNC(=O)C(N)C1=CC=C(c2ccccc2)C=CC1. The Bertz CT molecular complexity index is 541. The van der Waals surface area contributed by atoms with Crippen LogP contribution in [0.2, 0.25) is 0 Å².